The smallest absolute Gasteiger partial charge is 0.303 e. The van der Waals surface area contributed by atoms with Crippen LogP contribution in [0.25, 0.3) is 50.4 Å². The first kappa shape index (κ1) is 43.6. The van der Waals surface area contributed by atoms with Gasteiger partial charge in [0.1, 0.15) is 0 Å². The van der Waals surface area contributed by atoms with E-state index in [-0.39, 0.29) is 25.7 Å². The third kappa shape index (κ3) is 10.5. The number of H-pyrrole nitrogens is 2. The zero-order valence-electron chi connectivity index (χ0n) is 35.5. The van der Waals surface area contributed by atoms with Crippen LogP contribution in [0.15, 0.2) is 65.8 Å². The minimum atomic E-state index is -0.906. The van der Waals surface area contributed by atoms with Gasteiger partial charge < -0.3 is 25.3 Å². The van der Waals surface area contributed by atoms with E-state index >= 15 is 0 Å². The third-order valence-corrected chi connectivity index (χ3v) is 11.4. The van der Waals surface area contributed by atoms with Crippen LogP contribution >= 0.6 is 0 Å². The largest absolute Gasteiger partial charge is 0.481 e. The number of rotatable bonds is 17. The van der Waals surface area contributed by atoms with E-state index in [2.05, 4.69) is 62.5 Å². The second-order valence-corrected chi connectivity index (χ2v) is 16.1. The number of hydrogen-bond acceptors (Lipinski definition) is 5. The molecule has 0 radical (unpaired) electrons. The highest BCUT2D eigenvalue weighted by atomic mass is 16.4. The second-order valence-electron chi connectivity index (χ2n) is 16.1. The van der Waals surface area contributed by atoms with Gasteiger partial charge in [-0.2, -0.15) is 0 Å². The molecule has 3 aromatic heterocycles. The molecule has 0 saturated carbocycles. The molecule has 3 aromatic rings. The molecule has 1 unspecified atom stereocenters. The number of aryl methyl sites for hydroxylation is 2. The number of aromatic nitrogens is 4. The SMILES string of the molecule is C=Cc1c(C)c2cc3[nH]c(cc4nc(cc5nc(cc1[nH]2)C(C)=C5CCC(=O)O)C(CCC(=O)O)=C4C)c(C)c3C(O)CCC=C(C)CCC=C(C)CCC=C(C)C. The summed E-state index contributed by atoms with van der Waals surface area (Å²) in [5.74, 6) is -1.81. The molecule has 306 valence electrons. The lowest BCUT2D eigenvalue weighted by Crippen LogP contribution is -1.98. The summed E-state index contributed by atoms with van der Waals surface area (Å²) in [6.45, 7) is 20.7. The Bertz CT molecular complexity index is 2430. The van der Waals surface area contributed by atoms with E-state index in [0.29, 0.717) is 29.2 Å². The fourth-order valence-corrected chi connectivity index (χ4v) is 7.90. The van der Waals surface area contributed by atoms with E-state index in [0.717, 1.165) is 98.7 Å². The summed E-state index contributed by atoms with van der Waals surface area (Å²) in [6, 6.07) is 7.85. The maximum atomic E-state index is 11.9. The lowest BCUT2D eigenvalue weighted by Gasteiger charge is -2.10. The molecule has 0 saturated heterocycles. The number of aliphatic hydroxyl groups is 1. The lowest BCUT2D eigenvalue weighted by molar-refractivity contribution is -0.137. The number of aliphatic hydroxyl groups excluding tert-OH is 1. The molecule has 5 heterocycles. The summed E-state index contributed by atoms with van der Waals surface area (Å²) in [5.41, 5.74) is 16.9. The van der Waals surface area contributed by atoms with E-state index in [1.165, 1.54) is 16.7 Å². The van der Waals surface area contributed by atoms with Crippen molar-refractivity contribution in [1.82, 2.24) is 19.9 Å². The number of allylic oxidation sites excluding steroid dienone is 10. The summed E-state index contributed by atoms with van der Waals surface area (Å²) in [5, 5.41) is 31.1. The lowest BCUT2D eigenvalue weighted by atomic mass is 9.98. The molecule has 9 heteroatoms. The molecule has 2 aliphatic rings. The van der Waals surface area contributed by atoms with Gasteiger partial charge in [-0.1, -0.05) is 47.6 Å². The first-order chi connectivity index (χ1) is 27.6. The fraction of sp³-hybridized carbons (Fsp3) is 0.388. The van der Waals surface area contributed by atoms with Gasteiger partial charge in [-0.3, -0.25) is 9.59 Å². The molecule has 0 fully saturated rings. The molecule has 58 heavy (non-hydrogen) atoms. The van der Waals surface area contributed by atoms with Gasteiger partial charge in [0.05, 0.1) is 28.9 Å². The highest BCUT2D eigenvalue weighted by Crippen LogP contribution is 2.39. The standard InChI is InChI=1S/C49H60N4O5/c1-10-35-31(6)40-26-45-49(46(54)19-13-18-30(5)17-12-16-29(4)15-11-14-28(2)3)34(9)41(53-45)24-38-32(7)36(20-22-47(55)56)43(51-38)27-44-37(21-23-48(57)58)33(8)39(52-44)25-42(35)50-40/h10,14,16,18,24-27,46,50,53-54H,1,11-13,15,17,19-23H2,2-9H3,(H,55,56)(H,57,58). The molecule has 0 aromatic carbocycles. The highest BCUT2D eigenvalue weighted by Gasteiger charge is 2.23. The van der Waals surface area contributed by atoms with Crippen molar-refractivity contribution in [3.05, 3.63) is 111 Å². The summed E-state index contributed by atoms with van der Waals surface area (Å²) in [6.07, 6.45) is 13.8. The molecule has 2 aliphatic heterocycles. The van der Waals surface area contributed by atoms with Crippen LogP contribution in [0.1, 0.15) is 157 Å². The Labute approximate surface area is 342 Å². The van der Waals surface area contributed by atoms with E-state index in [4.69, 9.17) is 9.97 Å². The van der Waals surface area contributed by atoms with E-state index in [9.17, 15) is 24.9 Å². The summed E-state index contributed by atoms with van der Waals surface area (Å²) in [4.78, 5) is 40.7. The van der Waals surface area contributed by atoms with Crippen LogP contribution in [0.3, 0.4) is 0 Å². The zero-order chi connectivity index (χ0) is 42.3. The van der Waals surface area contributed by atoms with Gasteiger partial charge in [0.15, 0.2) is 0 Å². The van der Waals surface area contributed by atoms with Crippen molar-refractivity contribution in [2.45, 2.75) is 126 Å². The summed E-state index contributed by atoms with van der Waals surface area (Å²) < 4.78 is 0. The van der Waals surface area contributed by atoms with Crippen LogP contribution in [0.2, 0.25) is 0 Å². The van der Waals surface area contributed by atoms with Gasteiger partial charge in [-0.05, 0) is 164 Å². The quantitative estimate of drug-likeness (QED) is 0.0854. The first-order valence-electron chi connectivity index (χ1n) is 20.4. The predicted octanol–water partition coefficient (Wildman–Crippen LogP) is 12.4. The van der Waals surface area contributed by atoms with Gasteiger partial charge >= 0.3 is 11.9 Å². The molecule has 5 rings (SSSR count). The number of carbonyl (C=O) groups is 2. The minimum Gasteiger partial charge on any atom is -0.481 e. The minimum absolute atomic E-state index is 0.0587. The van der Waals surface area contributed by atoms with Crippen LogP contribution < -0.4 is 0 Å². The van der Waals surface area contributed by atoms with Gasteiger partial charge in [0.2, 0.25) is 0 Å². The number of nitrogens with zero attached hydrogens (tertiary/aromatic N) is 2. The van der Waals surface area contributed by atoms with Crippen molar-refractivity contribution >= 4 is 62.4 Å². The third-order valence-electron chi connectivity index (χ3n) is 11.4. The van der Waals surface area contributed by atoms with Crippen LogP contribution in [0.4, 0.5) is 0 Å². The van der Waals surface area contributed by atoms with Gasteiger partial charge in [0.25, 0.3) is 0 Å². The van der Waals surface area contributed by atoms with Gasteiger partial charge in [0, 0.05) is 46.0 Å². The zero-order valence-corrected chi connectivity index (χ0v) is 35.5. The van der Waals surface area contributed by atoms with Crippen LogP contribution in [-0.2, 0) is 9.59 Å². The number of hydrogen-bond donors (Lipinski definition) is 5. The Morgan fingerprint density at radius 2 is 1.16 bits per heavy atom. The predicted molar refractivity (Wildman–Crippen MR) is 239 cm³/mol. The number of nitrogens with one attached hydrogen (secondary N) is 2. The normalized spacial score (nSPS) is 13.9. The topological polar surface area (TPSA) is 152 Å². The Hall–Kier alpha value is -5.54. The van der Waals surface area contributed by atoms with Crippen LogP contribution in [-0.4, -0.2) is 47.2 Å². The average Bonchev–Trinajstić information content (AvgIpc) is 3.82. The monoisotopic (exact) mass is 784 g/mol. The van der Waals surface area contributed by atoms with E-state index < -0.39 is 18.0 Å². The van der Waals surface area contributed by atoms with Gasteiger partial charge in [-0.25, -0.2) is 9.97 Å². The number of carboxylic acid groups (broad SMARTS) is 2. The number of aliphatic carboxylic acids is 2. The van der Waals surface area contributed by atoms with Crippen molar-refractivity contribution in [2.24, 2.45) is 0 Å². The van der Waals surface area contributed by atoms with Crippen molar-refractivity contribution in [1.29, 1.82) is 0 Å². The summed E-state index contributed by atoms with van der Waals surface area (Å²) >= 11 is 0. The van der Waals surface area contributed by atoms with E-state index in [1.807, 2.05) is 58.0 Å². The Morgan fingerprint density at radius 3 is 1.69 bits per heavy atom. The van der Waals surface area contributed by atoms with Crippen LogP contribution in [0, 0.1) is 13.8 Å². The summed E-state index contributed by atoms with van der Waals surface area (Å²) in [7, 11) is 0. The molecular formula is C49H60N4O5. The first-order valence-corrected chi connectivity index (χ1v) is 20.4. The Balaban J connectivity index is 1.63. The van der Waals surface area contributed by atoms with Gasteiger partial charge in [-0.15, -0.1) is 0 Å². The van der Waals surface area contributed by atoms with Crippen LogP contribution in [0.5, 0.6) is 0 Å². The fourth-order valence-electron chi connectivity index (χ4n) is 7.90. The molecule has 8 bridgehead atoms. The number of aromatic amines is 2. The van der Waals surface area contributed by atoms with E-state index in [1.54, 1.807) is 0 Å². The Morgan fingerprint density at radius 1 is 0.655 bits per heavy atom. The molecule has 9 nitrogen and oxygen atoms in total. The van der Waals surface area contributed by atoms with Crippen molar-refractivity contribution in [2.75, 3.05) is 0 Å². The van der Waals surface area contributed by atoms with Crippen molar-refractivity contribution in [3.8, 4) is 0 Å². The van der Waals surface area contributed by atoms with Crippen molar-refractivity contribution in [3.63, 3.8) is 0 Å². The second kappa shape index (κ2) is 19.3. The highest BCUT2D eigenvalue weighted by molar-refractivity contribution is 5.97. The van der Waals surface area contributed by atoms with Crippen molar-refractivity contribution < 1.29 is 24.9 Å². The number of carboxylic acids is 2. The number of fused-ring (bicyclic) bond motifs is 8. The average molecular weight is 785 g/mol. The maximum Gasteiger partial charge on any atom is 0.303 e. The molecule has 0 amide bonds. The molecule has 0 spiro atoms. The molecule has 1 atom stereocenters. The Kier molecular flexibility index (Phi) is 14.5. The molecule has 0 aliphatic carbocycles. The maximum absolute atomic E-state index is 11.9. The molecule has 5 N–H and O–H groups in total. The molecular weight excluding hydrogens is 725 g/mol.